The van der Waals surface area contributed by atoms with E-state index in [1.54, 1.807) is 30.7 Å². The quantitative estimate of drug-likeness (QED) is 0.703. The first-order chi connectivity index (χ1) is 13.1. The van der Waals surface area contributed by atoms with Gasteiger partial charge in [-0.2, -0.15) is 4.31 Å². The van der Waals surface area contributed by atoms with E-state index in [-0.39, 0.29) is 4.90 Å². The van der Waals surface area contributed by atoms with Gasteiger partial charge in [0.2, 0.25) is 16.0 Å². The minimum Gasteiger partial charge on any atom is -0.373 e. The van der Waals surface area contributed by atoms with E-state index in [1.165, 1.54) is 4.31 Å². The molecule has 2 saturated heterocycles. The molecule has 0 radical (unpaired) electrons. The van der Waals surface area contributed by atoms with E-state index < -0.39 is 10.0 Å². The van der Waals surface area contributed by atoms with Crippen molar-refractivity contribution in [2.45, 2.75) is 4.90 Å². The number of ether oxygens (including phenoxy) is 1. The van der Waals surface area contributed by atoms with Gasteiger partial charge in [-0.25, -0.2) is 23.4 Å². The second-order valence-electron chi connectivity index (χ2n) is 6.45. The molecule has 2 aromatic heterocycles. The zero-order chi connectivity index (χ0) is 18.7. The van der Waals surface area contributed by atoms with Crippen LogP contribution in [0.25, 0.3) is 0 Å². The number of sulfonamides is 1. The van der Waals surface area contributed by atoms with E-state index in [0.29, 0.717) is 45.3 Å². The summed E-state index contributed by atoms with van der Waals surface area (Å²) in [6, 6.07) is 5.26. The lowest BCUT2D eigenvalue weighted by molar-refractivity contribution is -0.367. The van der Waals surface area contributed by atoms with Crippen LogP contribution in [0.2, 0.25) is 0 Å². The van der Waals surface area contributed by atoms with Crippen molar-refractivity contribution < 1.29 is 18.1 Å². The molecule has 0 amide bonds. The molecule has 0 saturated carbocycles. The summed E-state index contributed by atoms with van der Waals surface area (Å²) in [4.78, 5) is 16.0. The first-order valence-corrected chi connectivity index (χ1v) is 10.5. The minimum absolute atomic E-state index is 0.281. The molecule has 2 aromatic rings. The van der Waals surface area contributed by atoms with Gasteiger partial charge in [-0.15, -0.1) is 0 Å². The highest BCUT2D eigenvalue weighted by Crippen LogP contribution is 2.19. The van der Waals surface area contributed by atoms with Gasteiger partial charge in [0.15, 0.2) is 0 Å². The van der Waals surface area contributed by atoms with E-state index in [0.717, 1.165) is 18.9 Å². The van der Waals surface area contributed by atoms with Crippen LogP contribution in [0.5, 0.6) is 0 Å². The number of H-pyrrole nitrogens is 1. The number of hydrogen-bond donors (Lipinski definition) is 0. The highest BCUT2D eigenvalue weighted by Gasteiger charge is 2.30. The summed E-state index contributed by atoms with van der Waals surface area (Å²) < 4.78 is 32.7. The highest BCUT2D eigenvalue weighted by molar-refractivity contribution is 7.89. The number of aromatic nitrogens is 3. The molecule has 0 unspecified atom stereocenters. The number of morpholine rings is 1. The molecule has 2 fully saturated rings. The molecular weight excluding hydrogens is 368 g/mol. The molecule has 2 aliphatic heterocycles. The molecule has 0 spiro atoms. The topological polar surface area (TPSA) is 93.0 Å². The fourth-order valence-electron chi connectivity index (χ4n) is 3.30. The Kier molecular flexibility index (Phi) is 5.19. The zero-order valence-corrected chi connectivity index (χ0v) is 15.8. The van der Waals surface area contributed by atoms with Crippen molar-refractivity contribution in [1.82, 2.24) is 14.3 Å². The van der Waals surface area contributed by atoms with Crippen molar-refractivity contribution in [2.24, 2.45) is 0 Å². The number of pyridine rings is 1. The predicted octanol–water partition coefficient (Wildman–Crippen LogP) is -0.362. The van der Waals surface area contributed by atoms with Gasteiger partial charge < -0.3 is 9.64 Å². The van der Waals surface area contributed by atoms with E-state index in [2.05, 4.69) is 19.9 Å². The Bertz CT molecular complexity index is 848. The van der Waals surface area contributed by atoms with Crippen molar-refractivity contribution in [3.63, 3.8) is 0 Å². The Labute approximate surface area is 158 Å². The van der Waals surface area contributed by atoms with Crippen molar-refractivity contribution in [1.29, 1.82) is 0 Å². The maximum Gasteiger partial charge on any atom is 0.274 e. The number of hydrogen-bond acceptors (Lipinski definition) is 7. The van der Waals surface area contributed by atoms with Crippen LogP contribution in [0.15, 0.2) is 41.7 Å². The van der Waals surface area contributed by atoms with Gasteiger partial charge in [0.05, 0.1) is 13.2 Å². The van der Waals surface area contributed by atoms with Crippen LogP contribution >= 0.6 is 0 Å². The fraction of sp³-hybridized carbons (Fsp3) is 0.471. The lowest BCUT2D eigenvalue weighted by Gasteiger charge is -2.33. The van der Waals surface area contributed by atoms with Gasteiger partial charge >= 0.3 is 0 Å². The van der Waals surface area contributed by atoms with Crippen LogP contribution in [0.3, 0.4) is 0 Å². The first-order valence-electron chi connectivity index (χ1n) is 9.01. The first kappa shape index (κ1) is 18.1. The lowest BCUT2D eigenvalue weighted by atomic mass is 10.4. The van der Waals surface area contributed by atoms with Gasteiger partial charge in [0, 0.05) is 44.6 Å². The predicted molar refractivity (Wildman–Crippen MR) is 99.0 cm³/mol. The van der Waals surface area contributed by atoms with Crippen molar-refractivity contribution in [2.75, 3.05) is 62.3 Å². The Hall–Kier alpha value is -2.30. The molecule has 27 heavy (non-hydrogen) atoms. The van der Waals surface area contributed by atoms with Crippen LogP contribution in [-0.2, 0) is 14.8 Å². The van der Waals surface area contributed by atoms with Gasteiger partial charge in [-0.3, -0.25) is 4.90 Å². The molecule has 0 atom stereocenters. The third-order valence-electron chi connectivity index (χ3n) is 4.83. The molecule has 10 heteroatoms. The second kappa shape index (κ2) is 7.75. The number of nitrogens with zero attached hydrogens (tertiary/aromatic N) is 5. The maximum atomic E-state index is 12.9. The molecular formula is C17H23N6O3S+. The third-order valence-corrected chi connectivity index (χ3v) is 6.73. The summed E-state index contributed by atoms with van der Waals surface area (Å²) in [6.45, 7) is 4.92. The molecule has 0 aromatic carbocycles. The maximum absolute atomic E-state index is 12.9. The van der Waals surface area contributed by atoms with Crippen LogP contribution in [0.4, 0.5) is 11.8 Å². The van der Waals surface area contributed by atoms with Crippen LogP contribution in [0, 0.1) is 0 Å². The Morgan fingerprint density at radius 1 is 0.926 bits per heavy atom. The standard InChI is InChI=1S/C17H22N6O3S/c24-27(25,15-2-3-16(20-14-15)21-10-12-26-13-11-21)23-8-6-22(7-9-23)17-18-4-1-5-19-17/h1-5,14H,6-13H2/p+1. The van der Waals surface area contributed by atoms with Crippen molar-refractivity contribution in [3.8, 4) is 0 Å². The zero-order valence-electron chi connectivity index (χ0n) is 15.0. The van der Waals surface area contributed by atoms with E-state index in [1.807, 2.05) is 11.0 Å². The summed E-state index contributed by atoms with van der Waals surface area (Å²) >= 11 is 0. The van der Waals surface area contributed by atoms with Crippen LogP contribution in [0.1, 0.15) is 0 Å². The number of piperazine rings is 1. The largest absolute Gasteiger partial charge is 0.373 e. The summed E-state index contributed by atoms with van der Waals surface area (Å²) in [6.07, 6.45) is 4.96. The van der Waals surface area contributed by atoms with E-state index in [9.17, 15) is 8.42 Å². The molecule has 4 rings (SSSR count). The summed E-state index contributed by atoms with van der Waals surface area (Å²) in [5.41, 5.74) is 0. The highest BCUT2D eigenvalue weighted by atomic mass is 32.2. The molecule has 144 valence electrons. The SMILES string of the molecule is O=S(=O)(c1ccc(N2CCOCC2)[nH+]c1)N1CCN(c2ncccn2)CC1. The van der Waals surface area contributed by atoms with Crippen molar-refractivity contribution >= 4 is 21.8 Å². The number of anilines is 2. The number of aromatic amines is 1. The third kappa shape index (κ3) is 3.87. The molecule has 0 aliphatic carbocycles. The molecule has 0 bridgehead atoms. The summed E-state index contributed by atoms with van der Waals surface area (Å²) in [5, 5.41) is 0. The van der Waals surface area contributed by atoms with Gasteiger partial charge in [-0.05, 0) is 12.1 Å². The fourth-order valence-corrected chi connectivity index (χ4v) is 4.69. The van der Waals surface area contributed by atoms with Crippen LogP contribution < -0.4 is 14.8 Å². The lowest BCUT2D eigenvalue weighted by Crippen LogP contribution is -2.49. The molecule has 1 N–H and O–H groups in total. The number of rotatable bonds is 4. The number of nitrogens with one attached hydrogen (secondary N) is 1. The normalized spacial score (nSPS) is 19.3. The molecule has 2 aliphatic rings. The minimum atomic E-state index is -3.52. The monoisotopic (exact) mass is 391 g/mol. The summed E-state index contributed by atoms with van der Waals surface area (Å²) in [5.74, 6) is 1.54. The Balaban J connectivity index is 1.42. The Morgan fingerprint density at radius 3 is 2.26 bits per heavy atom. The molecule has 9 nitrogen and oxygen atoms in total. The average molecular weight is 391 g/mol. The van der Waals surface area contributed by atoms with E-state index >= 15 is 0 Å². The molecule has 4 heterocycles. The van der Waals surface area contributed by atoms with E-state index in [4.69, 9.17) is 4.74 Å². The average Bonchev–Trinajstić information content (AvgIpc) is 2.75. The van der Waals surface area contributed by atoms with Crippen LogP contribution in [-0.4, -0.2) is 75.2 Å². The Morgan fingerprint density at radius 2 is 1.63 bits per heavy atom. The second-order valence-corrected chi connectivity index (χ2v) is 8.39. The van der Waals surface area contributed by atoms with Gasteiger partial charge in [0.25, 0.3) is 5.82 Å². The smallest absolute Gasteiger partial charge is 0.274 e. The summed E-state index contributed by atoms with van der Waals surface area (Å²) in [7, 11) is -3.52. The van der Waals surface area contributed by atoms with Gasteiger partial charge in [-0.1, -0.05) is 0 Å². The van der Waals surface area contributed by atoms with Crippen molar-refractivity contribution in [3.05, 3.63) is 36.8 Å². The van der Waals surface area contributed by atoms with Gasteiger partial charge in [0.1, 0.15) is 24.2 Å².